The van der Waals surface area contributed by atoms with E-state index in [1.165, 1.54) is 17.8 Å². The van der Waals surface area contributed by atoms with Gasteiger partial charge in [-0.1, -0.05) is 13.3 Å². The van der Waals surface area contributed by atoms with E-state index in [-0.39, 0.29) is 5.91 Å². The lowest BCUT2D eigenvalue weighted by atomic mass is 10.1. The fourth-order valence-corrected chi connectivity index (χ4v) is 3.53. The van der Waals surface area contributed by atoms with Crippen LogP contribution in [0.3, 0.4) is 0 Å². The summed E-state index contributed by atoms with van der Waals surface area (Å²) >= 11 is 6.60. The molecule has 5 heteroatoms. The summed E-state index contributed by atoms with van der Waals surface area (Å²) in [5.41, 5.74) is 1.04. The molecule has 1 saturated heterocycles. The second kappa shape index (κ2) is 5.31. The van der Waals surface area contributed by atoms with Crippen LogP contribution >= 0.6 is 23.6 Å². The van der Waals surface area contributed by atoms with Gasteiger partial charge >= 0.3 is 0 Å². The van der Waals surface area contributed by atoms with Crippen molar-refractivity contribution in [3.8, 4) is 0 Å². The molecule has 0 aromatic carbocycles. The highest BCUT2D eigenvalue weighted by Crippen LogP contribution is 2.21. The summed E-state index contributed by atoms with van der Waals surface area (Å²) in [4.78, 5) is 18.3. The van der Waals surface area contributed by atoms with Crippen LogP contribution in [0.25, 0.3) is 0 Å². The number of aromatic amines is 1. The number of amides is 1. The number of hydrogen-bond donors (Lipinski definition) is 1. The molecule has 94 valence electrons. The summed E-state index contributed by atoms with van der Waals surface area (Å²) < 4.78 is 0.762. The van der Waals surface area contributed by atoms with Gasteiger partial charge in [0.25, 0.3) is 0 Å². The third kappa shape index (κ3) is 2.96. The number of carbonyl (C=O) groups is 1. The number of rotatable bonds is 3. The van der Waals surface area contributed by atoms with Gasteiger partial charge in [-0.05, 0) is 31.5 Å². The van der Waals surface area contributed by atoms with E-state index in [1.807, 2.05) is 11.8 Å². The molecule has 0 aliphatic carbocycles. The SMILES string of the molecule is CCC1CCN(C(=O)Cc2sc(=S)[nH]c2C)C1. The standard InChI is InChI=1S/C12H18N2OS2/c1-3-9-4-5-14(7-9)11(15)6-10-8(2)13-12(16)17-10/h9H,3-7H2,1-2H3,(H,13,16). The Labute approximate surface area is 111 Å². The molecule has 1 aliphatic heterocycles. The van der Waals surface area contributed by atoms with Crippen LogP contribution in [0.1, 0.15) is 30.3 Å². The van der Waals surface area contributed by atoms with E-state index >= 15 is 0 Å². The Hall–Kier alpha value is -0.680. The van der Waals surface area contributed by atoms with Crippen LogP contribution in [0.15, 0.2) is 0 Å². The van der Waals surface area contributed by atoms with Crippen LogP contribution < -0.4 is 0 Å². The highest BCUT2D eigenvalue weighted by molar-refractivity contribution is 7.73. The fraction of sp³-hybridized carbons (Fsp3) is 0.667. The molecular weight excluding hydrogens is 252 g/mol. The van der Waals surface area contributed by atoms with Crippen LogP contribution in [0.4, 0.5) is 0 Å². The average molecular weight is 270 g/mol. The van der Waals surface area contributed by atoms with Crippen molar-refractivity contribution < 1.29 is 4.79 Å². The number of nitrogens with zero attached hydrogens (tertiary/aromatic N) is 1. The van der Waals surface area contributed by atoms with Gasteiger partial charge in [0.15, 0.2) is 3.95 Å². The Morgan fingerprint density at radius 1 is 1.65 bits per heavy atom. The zero-order chi connectivity index (χ0) is 12.4. The molecule has 0 saturated carbocycles. The number of aromatic nitrogens is 1. The number of nitrogens with one attached hydrogen (secondary N) is 1. The molecule has 1 aromatic heterocycles. The predicted molar refractivity (Wildman–Crippen MR) is 72.9 cm³/mol. The molecule has 3 nitrogen and oxygen atoms in total. The third-order valence-electron chi connectivity index (χ3n) is 3.45. The molecule has 1 aromatic rings. The average Bonchev–Trinajstić information content (AvgIpc) is 2.86. The van der Waals surface area contributed by atoms with Crippen molar-refractivity contribution in [1.29, 1.82) is 0 Å². The number of aryl methyl sites for hydroxylation is 1. The molecule has 1 amide bonds. The van der Waals surface area contributed by atoms with E-state index in [9.17, 15) is 4.79 Å². The second-order valence-electron chi connectivity index (χ2n) is 4.64. The van der Waals surface area contributed by atoms with Crippen LogP contribution in [0.2, 0.25) is 0 Å². The second-order valence-corrected chi connectivity index (χ2v) is 6.41. The molecule has 1 atom stereocenters. The summed E-state index contributed by atoms with van der Waals surface area (Å²) in [5, 5.41) is 0. The maximum Gasteiger partial charge on any atom is 0.227 e. The van der Waals surface area contributed by atoms with Gasteiger partial charge in [0, 0.05) is 23.7 Å². The molecule has 2 rings (SSSR count). The first-order valence-corrected chi connectivity index (χ1v) is 7.29. The normalized spacial score (nSPS) is 19.9. The van der Waals surface area contributed by atoms with Crippen LogP contribution in [-0.2, 0) is 11.2 Å². The van der Waals surface area contributed by atoms with Gasteiger partial charge in [-0.25, -0.2) is 0 Å². The number of hydrogen-bond acceptors (Lipinski definition) is 3. The van der Waals surface area contributed by atoms with Crippen molar-refractivity contribution in [2.24, 2.45) is 5.92 Å². The van der Waals surface area contributed by atoms with Gasteiger partial charge in [0.1, 0.15) is 0 Å². The first kappa shape index (κ1) is 12.8. The molecule has 1 aliphatic rings. The van der Waals surface area contributed by atoms with Crippen molar-refractivity contribution in [2.45, 2.75) is 33.1 Å². The highest BCUT2D eigenvalue weighted by Gasteiger charge is 2.25. The quantitative estimate of drug-likeness (QED) is 0.857. The summed E-state index contributed by atoms with van der Waals surface area (Å²) in [6.45, 7) is 6.03. The van der Waals surface area contributed by atoms with Crippen molar-refractivity contribution in [1.82, 2.24) is 9.88 Å². The number of carbonyl (C=O) groups excluding carboxylic acids is 1. The van der Waals surface area contributed by atoms with Crippen molar-refractivity contribution in [3.63, 3.8) is 0 Å². The van der Waals surface area contributed by atoms with E-state index < -0.39 is 0 Å². The first-order valence-electron chi connectivity index (χ1n) is 6.06. The van der Waals surface area contributed by atoms with Gasteiger partial charge in [0.2, 0.25) is 5.91 Å². The van der Waals surface area contributed by atoms with Crippen LogP contribution in [-0.4, -0.2) is 28.9 Å². The molecule has 17 heavy (non-hydrogen) atoms. The largest absolute Gasteiger partial charge is 0.342 e. The van der Waals surface area contributed by atoms with Gasteiger partial charge in [-0.15, -0.1) is 11.3 Å². The van der Waals surface area contributed by atoms with Crippen LogP contribution in [0, 0.1) is 16.8 Å². The maximum absolute atomic E-state index is 12.1. The lowest BCUT2D eigenvalue weighted by Gasteiger charge is -2.15. The monoisotopic (exact) mass is 270 g/mol. The zero-order valence-electron chi connectivity index (χ0n) is 10.3. The predicted octanol–water partition coefficient (Wildman–Crippen LogP) is 2.92. The van der Waals surface area contributed by atoms with E-state index in [0.717, 1.165) is 34.0 Å². The lowest BCUT2D eigenvalue weighted by molar-refractivity contribution is -0.129. The van der Waals surface area contributed by atoms with E-state index in [2.05, 4.69) is 11.9 Å². The third-order valence-corrected chi connectivity index (χ3v) is 4.79. The van der Waals surface area contributed by atoms with Crippen molar-refractivity contribution in [3.05, 3.63) is 14.5 Å². The highest BCUT2D eigenvalue weighted by atomic mass is 32.1. The van der Waals surface area contributed by atoms with Gasteiger partial charge in [-0.2, -0.15) is 0 Å². The van der Waals surface area contributed by atoms with Crippen molar-refractivity contribution in [2.75, 3.05) is 13.1 Å². The Kier molecular flexibility index (Phi) is 3.99. The lowest BCUT2D eigenvalue weighted by Crippen LogP contribution is -2.30. The Morgan fingerprint density at radius 2 is 2.41 bits per heavy atom. The van der Waals surface area contributed by atoms with Gasteiger partial charge < -0.3 is 9.88 Å². The minimum atomic E-state index is 0.245. The van der Waals surface area contributed by atoms with Gasteiger partial charge in [-0.3, -0.25) is 4.79 Å². The number of H-pyrrole nitrogens is 1. The van der Waals surface area contributed by atoms with Crippen LogP contribution in [0.5, 0.6) is 0 Å². The van der Waals surface area contributed by atoms with E-state index in [4.69, 9.17) is 12.2 Å². The molecule has 1 unspecified atom stereocenters. The summed E-state index contributed by atoms with van der Waals surface area (Å²) in [6.07, 6.45) is 2.83. The first-order chi connectivity index (χ1) is 8.10. The van der Waals surface area contributed by atoms with E-state index in [1.54, 1.807) is 0 Å². The Morgan fingerprint density at radius 3 is 2.94 bits per heavy atom. The molecular formula is C12H18N2OS2. The fourth-order valence-electron chi connectivity index (χ4n) is 2.25. The smallest absolute Gasteiger partial charge is 0.227 e. The Bertz CT molecular complexity index is 463. The number of likely N-dealkylation sites (tertiary alicyclic amines) is 1. The van der Waals surface area contributed by atoms with Crippen molar-refractivity contribution >= 4 is 29.5 Å². The molecule has 1 N–H and O–H groups in total. The zero-order valence-corrected chi connectivity index (χ0v) is 11.9. The minimum Gasteiger partial charge on any atom is -0.342 e. The molecule has 0 bridgehead atoms. The topological polar surface area (TPSA) is 36.1 Å². The van der Waals surface area contributed by atoms with Gasteiger partial charge in [0.05, 0.1) is 6.42 Å². The molecule has 0 radical (unpaired) electrons. The molecule has 0 spiro atoms. The molecule has 1 fully saturated rings. The Balaban J connectivity index is 1.98. The summed E-state index contributed by atoms with van der Waals surface area (Å²) in [6, 6.07) is 0. The van der Waals surface area contributed by atoms with E-state index in [0.29, 0.717) is 12.3 Å². The summed E-state index contributed by atoms with van der Waals surface area (Å²) in [5.74, 6) is 0.943. The summed E-state index contributed by atoms with van der Waals surface area (Å²) in [7, 11) is 0. The maximum atomic E-state index is 12.1. The molecule has 2 heterocycles. The number of thiazole rings is 1. The minimum absolute atomic E-state index is 0.245.